The highest BCUT2D eigenvalue weighted by atomic mass is 16.6. The summed E-state index contributed by atoms with van der Waals surface area (Å²) in [6.07, 6.45) is 3.52. The summed E-state index contributed by atoms with van der Waals surface area (Å²) in [5.74, 6) is -0.749. The predicted octanol–water partition coefficient (Wildman–Crippen LogP) is 4.07. The fraction of sp³-hybridized carbons (Fsp3) is 0.462. The van der Waals surface area contributed by atoms with E-state index in [0.29, 0.717) is 18.0 Å². The summed E-state index contributed by atoms with van der Waals surface area (Å²) in [6, 6.07) is 10.3. The Morgan fingerprint density at radius 3 is 2.63 bits per heavy atom. The molecule has 2 amide bonds. The highest BCUT2D eigenvalue weighted by Crippen LogP contribution is 2.32. The van der Waals surface area contributed by atoms with E-state index in [0.717, 1.165) is 49.9 Å². The summed E-state index contributed by atoms with van der Waals surface area (Å²) >= 11 is 0. The third-order valence-corrected chi connectivity index (χ3v) is 6.81. The average Bonchev–Trinajstić information content (AvgIpc) is 3.55. The summed E-state index contributed by atoms with van der Waals surface area (Å²) in [5.41, 5.74) is 3.35. The molecule has 0 spiro atoms. The van der Waals surface area contributed by atoms with Crippen LogP contribution >= 0.6 is 0 Å². The first-order valence-corrected chi connectivity index (χ1v) is 12.1. The fourth-order valence-electron chi connectivity index (χ4n) is 4.71. The predicted molar refractivity (Wildman–Crippen MR) is 134 cm³/mol. The van der Waals surface area contributed by atoms with Gasteiger partial charge in [-0.2, -0.15) is 0 Å². The van der Waals surface area contributed by atoms with Gasteiger partial charge in [-0.25, -0.2) is 0 Å². The second-order valence-corrected chi connectivity index (χ2v) is 9.27. The summed E-state index contributed by atoms with van der Waals surface area (Å²) in [7, 11) is 0. The van der Waals surface area contributed by atoms with E-state index < -0.39 is 10.8 Å². The minimum absolute atomic E-state index is 0.0883. The Morgan fingerprint density at radius 2 is 1.94 bits per heavy atom. The number of carbonyl (C=O) groups is 2. The van der Waals surface area contributed by atoms with Crippen LogP contribution in [-0.2, 0) is 9.53 Å². The van der Waals surface area contributed by atoms with Gasteiger partial charge in [0.1, 0.15) is 12.2 Å². The molecule has 1 unspecified atom stereocenters. The Hall–Kier alpha value is -3.46. The van der Waals surface area contributed by atoms with Gasteiger partial charge >= 0.3 is 0 Å². The Morgan fingerprint density at radius 1 is 1.17 bits per heavy atom. The van der Waals surface area contributed by atoms with E-state index in [4.69, 9.17) is 4.74 Å². The third-order valence-electron chi connectivity index (χ3n) is 6.81. The number of nitro benzene ring substituents is 1. The molecule has 9 heteroatoms. The first-order chi connectivity index (χ1) is 16.8. The molecule has 2 fully saturated rings. The molecule has 9 nitrogen and oxygen atoms in total. The number of anilines is 2. The van der Waals surface area contributed by atoms with E-state index in [-0.39, 0.29) is 36.4 Å². The summed E-state index contributed by atoms with van der Waals surface area (Å²) in [4.78, 5) is 41.2. The second kappa shape index (κ2) is 10.9. The van der Waals surface area contributed by atoms with Gasteiger partial charge in [0.15, 0.2) is 0 Å². The number of nitrogens with one attached hydrogen (secondary N) is 1. The number of nitro groups is 1. The molecule has 2 aliphatic heterocycles. The van der Waals surface area contributed by atoms with Gasteiger partial charge in [-0.1, -0.05) is 12.1 Å². The van der Waals surface area contributed by atoms with Crippen molar-refractivity contribution in [2.45, 2.75) is 45.6 Å². The van der Waals surface area contributed by atoms with Crippen molar-refractivity contribution >= 4 is 28.9 Å². The minimum atomic E-state index is -0.442. The van der Waals surface area contributed by atoms with Gasteiger partial charge in [0.05, 0.1) is 11.0 Å². The van der Waals surface area contributed by atoms with Crippen LogP contribution in [0.3, 0.4) is 0 Å². The number of hydrogen-bond acceptors (Lipinski definition) is 6. The lowest BCUT2D eigenvalue weighted by molar-refractivity contribution is -0.384. The molecule has 2 heterocycles. The minimum Gasteiger partial charge on any atom is -0.376 e. The van der Waals surface area contributed by atoms with Gasteiger partial charge in [-0.15, -0.1) is 0 Å². The molecule has 2 aliphatic rings. The van der Waals surface area contributed by atoms with Crippen LogP contribution in [0.5, 0.6) is 0 Å². The summed E-state index contributed by atoms with van der Waals surface area (Å²) in [6.45, 7) is 6.12. The maximum Gasteiger partial charge on any atom is 0.293 e. The first-order valence-electron chi connectivity index (χ1n) is 12.1. The van der Waals surface area contributed by atoms with Crippen molar-refractivity contribution in [1.29, 1.82) is 0 Å². The topological polar surface area (TPSA) is 105 Å². The molecular weight excluding hydrogens is 448 g/mol. The van der Waals surface area contributed by atoms with Gasteiger partial charge in [0.2, 0.25) is 5.91 Å². The van der Waals surface area contributed by atoms with Gasteiger partial charge in [0.25, 0.3) is 11.6 Å². The van der Waals surface area contributed by atoms with Crippen LogP contribution in [0.1, 0.15) is 47.2 Å². The van der Waals surface area contributed by atoms with Crippen LogP contribution in [0.4, 0.5) is 17.1 Å². The van der Waals surface area contributed by atoms with Gasteiger partial charge in [-0.05, 0) is 68.9 Å². The first kappa shape index (κ1) is 24.7. The maximum absolute atomic E-state index is 13.5. The number of hydrogen-bond donors (Lipinski definition) is 1. The number of aryl methyl sites for hydroxylation is 1. The molecule has 0 radical (unpaired) electrons. The standard InChI is InChI=1S/C26H32N4O5/c1-18-7-5-9-22(19(18)2)27-25(31)17-29(16-21-8-6-14-35-21)26(32)20-10-11-23(24(15-20)30(33)34)28-12-3-4-13-28/h5,7,9-11,15,21H,3-4,6,8,12-14,16-17H2,1-2H3,(H,27,31). The van der Waals surface area contributed by atoms with Crippen molar-refractivity contribution in [1.82, 2.24) is 4.90 Å². The Kier molecular flexibility index (Phi) is 7.65. The zero-order chi connectivity index (χ0) is 24.9. The number of amides is 2. The lowest BCUT2D eigenvalue weighted by Gasteiger charge is -2.26. The molecule has 4 rings (SSSR count). The molecule has 186 valence electrons. The molecule has 0 bridgehead atoms. The molecular formula is C26H32N4O5. The zero-order valence-electron chi connectivity index (χ0n) is 20.3. The molecule has 2 aromatic rings. The van der Waals surface area contributed by atoms with Gasteiger partial charge in [-0.3, -0.25) is 19.7 Å². The normalized spacial score (nSPS) is 17.4. The second-order valence-electron chi connectivity index (χ2n) is 9.27. The lowest BCUT2D eigenvalue weighted by Crippen LogP contribution is -2.42. The number of rotatable bonds is 8. The van der Waals surface area contributed by atoms with Crippen LogP contribution in [-0.4, -0.2) is 60.5 Å². The smallest absolute Gasteiger partial charge is 0.293 e. The zero-order valence-corrected chi connectivity index (χ0v) is 20.3. The lowest BCUT2D eigenvalue weighted by atomic mass is 10.1. The monoisotopic (exact) mass is 480 g/mol. The molecule has 2 aromatic carbocycles. The van der Waals surface area contributed by atoms with Crippen molar-refractivity contribution in [3.63, 3.8) is 0 Å². The molecule has 0 saturated carbocycles. The molecule has 2 saturated heterocycles. The maximum atomic E-state index is 13.5. The van der Waals surface area contributed by atoms with Crippen molar-refractivity contribution in [2.24, 2.45) is 0 Å². The average molecular weight is 481 g/mol. The van der Waals surface area contributed by atoms with Gasteiger partial charge in [0, 0.05) is 43.6 Å². The largest absolute Gasteiger partial charge is 0.376 e. The number of carbonyl (C=O) groups excluding carboxylic acids is 2. The van der Waals surface area contributed by atoms with Crippen molar-refractivity contribution in [3.8, 4) is 0 Å². The van der Waals surface area contributed by atoms with Crippen molar-refractivity contribution in [3.05, 3.63) is 63.2 Å². The van der Waals surface area contributed by atoms with E-state index in [1.807, 2.05) is 36.9 Å². The Labute approximate surface area is 205 Å². The molecule has 1 N–H and O–H groups in total. The van der Waals surface area contributed by atoms with Crippen LogP contribution in [0, 0.1) is 24.0 Å². The fourth-order valence-corrected chi connectivity index (χ4v) is 4.71. The number of nitrogens with zero attached hydrogens (tertiary/aromatic N) is 3. The summed E-state index contributed by atoms with van der Waals surface area (Å²) < 4.78 is 5.71. The highest BCUT2D eigenvalue weighted by Gasteiger charge is 2.28. The molecule has 0 aromatic heterocycles. The van der Waals surface area contributed by atoms with Gasteiger partial charge < -0.3 is 19.9 Å². The highest BCUT2D eigenvalue weighted by molar-refractivity contribution is 6.00. The van der Waals surface area contributed by atoms with Crippen molar-refractivity contribution in [2.75, 3.05) is 43.0 Å². The van der Waals surface area contributed by atoms with E-state index in [9.17, 15) is 19.7 Å². The molecule has 0 aliphatic carbocycles. The van der Waals surface area contributed by atoms with Crippen LogP contribution in [0.25, 0.3) is 0 Å². The number of benzene rings is 2. The van der Waals surface area contributed by atoms with Crippen LogP contribution in [0.2, 0.25) is 0 Å². The van der Waals surface area contributed by atoms with Crippen molar-refractivity contribution < 1.29 is 19.2 Å². The van der Waals surface area contributed by atoms with E-state index >= 15 is 0 Å². The quantitative estimate of drug-likeness (QED) is 0.451. The molecule has 35 heavy (non-hydrogen) atoms. The number of ether oxygens (including phenoxy) is 1. The van der Waals surface area contributed by atoms with Crippen LogP contribution < -0.4 is 10.2 Å². The third kappa shape index (κ3) is 5.79. The van der Waals surface area contributed by atoms with Crippen LogP contribution in [0.15, 0.2) is 36.4 Å². The molecule has 1 atom stereocenters. The Balaban J connectivity index is 1.56. The van der Waals surface area contributed by atoms with E-state index in [1.54, 1.807) is 12.1 Å². The Bertz CT molecular complexity index is 1110. The van der Waals surface area contributed by atoms with E-state index in [2.05, 4.69) is 5.32 Å². The van der Waals surface area contributed by atoms with E-state index in [1.165, 1.54) is 11.0 Å². The SMILES string of the molecule is Cc1cccc(NC(=O)CN(CC2CCCO2)C(=O)c2ccc(N3CCCC3)c([N+](=O)[O-])c2)c1C. The summed E-state index contributed by atoms with van der Waals surface area (Å²) in [5, 5.41) is 14.7.